The summed E-state index contributed by atoms with van der Waals surface area (Å²) in [7, 11) is 0. The largest absolute Gasteiger partial charge is 0.387 e. The van der Waals surface area contributed by atoms with Gasteiger partial charge in [0, 0.05) is 0 Å². The van der Waals surface area contributed by atoms with Crippen LogP contribution >= 0.6 is 0 Å². The van der Waals surface area contributed by atoms with E-state index in [0.717, 1.165) is 32.1 Å². The lowest BCUT2D eigenvalue weighted by Gasteiger charge is -2.56. The molecule has 88 valence electrons. The third kappa shape index (κ3) is 1.45. The molecule has 0 aromatic rings. The van der Waals surface area contributed by atoms with Crippen LogP contribution < -0.4 is 0 Å². The Labute approximate surface area is 93.0 Å². The molecule has 0 amide bonds. The summed E-state index contributed by atoms with van der Waals surface area (Å²) in [5.74, 6) is 0. The summed E-state index contributed by atoms with van der Waals surface area (Å²) in [4.78, 5) is 0. The SMILES string of the molecule is CC1CC[C@]2(O1)C(C)(C)CCC[C@]2(C)O. The molecule has 1 aliphatic heterocycles. The molecule has 3 atom stereocenters. The molecule has 2 rings (SSSR count). The molecule has 1 saturated carbocycles. The topological polar surface area (TPSA) is 29.5 Å². The van der Waals surface area contributed by atoms with Gasteiger partial charge in [0.15, 0.2) is 0 Å². The van der Waals surface area contributed by atoms with E-state index in [1.165, 1.54) is 0 Å². The first kappa shape index (κ1) is 11.4. The molecule has 1 unspecified atom stereocenters. The number of ether oxygens (including phenoxy) is 1. The minimum atomic E-state index is -0.653. The Kier molecular flexibility index (Phi) is 2.44. The highest BCUT2D eigenvalue weighted by atomic mass is 16.5. The Morgan fingerprint density at radius 2 is 1.80 bits per heavy atom. The fourth-order valence-electron chi connectivity index (χ4n) is 3.77. The van der Waals surface area contributed by atoms with E-state index in [4.69, 9.17) is 4.74 Å². The molecule has 0 bridgehead atoms. The standard InChI is InChI=1S/C13H24O2/c1-10-6-9-13(15-10)11(2,3)7-5-8-12(13,4)14/h10,14H,5-9H2,1-4H3/t10?,12-,13-/m0/s1. The van der Waals surface area contributed by atoms with Gasteiger partial charge in [-0.05, 0) is 51.4 Å². The molecule has 2 heteroatoms. The fourth-order valence-corrected chi connectivity index (χ4v) is 3.77. The minimum absolute atomic E-state index is 0.0967. The molecular weight excluding hydrogens is 188 g/mol. The van der Waals surface area contributed by atoms with Crippen LogP contribution in [0.25, 0.3) is 0 Å². The first-order valence-corrected chi connectivity index (χ1v) is 6.21. The van der Waals surface area contributed by atoms with Crippen LogP contribution in [0.4, 0.5) is 0 Å². The normalized spacial score (nSPS) is 49.8. The summed E-state index contributed by atoms with van der Waals surface area (Å²) in [5, 5.41) is 10.7. The Bertz CT molecular complexity index is 239. The molecule has 2 aliphatic rings. The summed E-state index contributed by atoms with van der Waals surface area (Å²) in [6.45, 7) is 8.58. The molecule has 1 aliphatic carbocycles. The van der Waals surface area contributed by atoms with Crippen LogP contribution in [-0.2, 0) is 4.74 Å². The van der Waals surface area contributed by atoms with Crippen molar-refractivity contribution >= 4 is 0 Å². The van der Waals surface area contributed by atoms with Gasteiger partial charge >= 0.3 is 0 Å². The van der Waals surface area contributed by atoms with Gasteiger partial charge in [0.2, 0.25) is 0 Å². The fraction of sp³-hybridized carbons (Fsp3) is 1.00. The van der Waals surface area contributed by atoms with E-state index >= 15 is 0 Å². The van der Waals surface area contributed by atoms with Crippen LogP contribution in [0.2, 0.25) is 0 Å². The van der Waals surface area contributed by atoms with Crippen LogP contribution in [0.1, 0.15) is 59.8 Å². The quantitative estimate of drug-likeness (QED) is 0.669. The molecule has 1 saturated heterocycles. The third-order valence-electron chi connectivity index (χ3n) is 4.73. The molecular formula is C13H24O2. The van der Waals surface area contributed by atoms with Crippen molar-refractivity contribution < 1.29 is 9.84 Å². The van der Waals surface area contributed by atoms with Crippen LogP contribution in [0.5, 0.6) is 0 Å². The zero-order valence-electron chi connectivity index (χ0n) is 10.5. The van der Waals surface area contributed by atoms with Gasteiger partial charge in [-0.15, -0.1) is 0 Å². The number of aliphatic hydroxyl groups is 1. The molecule has 0 aromatic carbocycles. The second-order valence-corrected chi connectivity index (χ2v) is 6.31. The van der Waals surface area contributed by atoms with Crippen molar-refractivity contribution in [1.82, 2.24) is 0 Å². The Morgan fingerprint density at radius 1 is 1.13 bits per heavy atom. The maximum atomic E-state index is 10.7. The van der Waals surface area contributed by atoms with Gasteiger partial charge in [-0.2, -0.15) is 0 Å². The highest BCUT2D eigenvalue weighted by Gasteiger charge is 2.61. The summed E-state index contributed by atoms with van der Waals surface area (Å²) in [5.41, 5.74) is -0.864. The molecule has 0 aromatic heterocycles. The average Bonchev–Trinajstić information content (AvgIpc) is 2.46. The lowest BCUT2D eigenvalue weighted by atomic mass is 9.57. The summed E-state index contributed by atoms with van der Waals surface area (Å²) in [6, 6.07) is 0. The second-order valence-electron chi connectivity index (χ2n) is 6.31. The molecule has 1 spiro atoms. The Morgan fingerprint density at radius 3 is 2.27 bits per heavy atom. The molecule has 1 heterocycles. The lowest BCUT2D eigenvalue weighted by molar-refractivity contribution is -0.239. The highest BCUT2D eigenvalue weighted by Crippen LogP contribution is 2.57. The van der Waals surface area contributed by atoms with Crippen molar-refractivity contribution in [3.05, 3.63) is 0 Å². The van der Waals surface area contributed by atoms with Crippen LogP contribution in [0, 0.1) is 5.41 Å². The third-order valence-corrected chi connectivity index (χ3v) is 4.73. The van der Waals surface area contributed by atoms with Crippen molar-refractivity contribution in [1.29, 1.82) is 0 Å². The molecule has 2 fully saturated rings. The van der Waals surface area contributed by atoms with Gasteiger partial charge in [0.1, 0.15) is 5.60 Å². The van der Waals surface area contributed by atoms with Crippen molar-refractivity contribution in [2.45, 2.75) is 77.1 Å². The van der Waals surface area contributed by atoms with Gasteiger partial charge < -0.3 is 9.84 Å². The Balaban J connectivity index is 2.38. The lowest BCUT2D eigenvalue weighted by Crippen LogP contribution is -2.63. The maximum Gasteiger partial charge on any atom is 0.102 e. The van der Waals surface area contributed by atoms with E-state index in [0.29, 0.717) is 6.10 Å². The average molecular weight is 212 g/mol. The first-order chi connectivity index (χ1) is 6.81. The van der Waals surface area contributed by atoms with E-state index < -0.39 is 5.60 Å². The predicted molar refractivity (Wildman–Crippen MR) is 60.8 cm³/mol. The van der Waals surface area contributed by atoms with Crippen molar-refractivity contribution in [2.24, 2.45) is 5.41 Å². The number of hydrogen-bond donors (Lipinski definition) is 1. The Hall–Kier alpha value is -0.0800. The second kappa shape index (κ2) is 3.21. The number of rotatable bonds is 0. The van der Waals surface area contributed by atoms with Gasteiger partial charge in [-0.1, -0.05) is 13.8 Å². The summed E-state index contributed by atoms with van der Waals surface area (Å²) < 4.78 is 6.17. The summed E-state index contributed by atoms with van der Waals surface area (Å²) in [6.07, 6.45) is 5.54. The number of hydrogen-bond acceptors (Lipinski definition) is 2. The van der Waals surface area contributed by atoms with Gasteiger partial charge in [0.05, 0.1) is 11.7 Å². The first-order valence-electron chi connectivity index (χ1n) is 6.21. The molecule has 15 heavy (non-hydrogen) atoms. The molecule has 1 N–H and O–H groups in total. The highest BCUT2D eigenvalue weighted by molar-refractivity contribution is 5.12. The van der Waals surface area contributed by atoms with E-state index in [1.807, 2.05) is 6.92 Å². The van der Waals surface area contributed by atoms with Crippen molar-refractivity contribution in [3.63, 3.8) is 0 Å². The van der Waals surface area contributed by atoms with Crippen LogP contribution in [0.3, 0.4) is 0 Å². The van der Waals surface area contributed by atoms with E-state index in [-0.39, 0.29) is 11.0 Å². The smallest absolute Gasteiger partial charge is 0.102 e. The maximum absolute atomic E-state index is 10.7. The monoisotopic (exact) mass is 212 g/mol. The van der Waals surface area contributed by atoms with E-state index in [9.17, 15) is 5.11 Å². The van der Waals surface area contributed by atoms with E-state index in [2.05, 4.69) is 20.8 Å². The summed E-state index contributed by atoms with van der Waals surface area (Å²) >= 11 is 0. The van der Waals surface area contributed by atoms with Gasteiger partial charge in [0.25, 0.3) is 0 Å². The van der Waals surface area contributed by atoms with E-state index in [1.54, 1.807) is 0 Å². The predicted octanol–water partition coefficient (Wildman–Crippen LogP) is 2.89. The zero-order valence-corrected chi connectivity index (χ0v) is 10.5. The molecule has 0 radical (unpaired) electrons. The zero-order chi connectivity index (χ0) is 11.3. The van der Waals surface area contributed by atoms with Gasteiger partial charge in [-0.25, -0.2) is 0 Å². The van der Waals surface area contributed by atoms with Crippen molar-refractivity contribution in [3.8, 4) is 0 Å². The minimum Gasteiger partial charge on any atom is -0.387 e. The van der Waals surface area contributed by atoms with Crippen LogP contribution in [0.15, 0.2) is 0 Å². The molecule has 2 nitrogen and oxygen atoms in total. The van der Waals surface area contributed by atoms with Crippen molar-refractivity contribution in [2.75, 3.05) is 0 Å². The van der Waals surface area contributed by atoms with Gasteiger partial charge in [-0.3, -0.25) is 0 Å². The van der Waals surface area contributed by atoms with Crippen LogP contribution in [-0.4, -0.2) is 22.4 Å².